The number of rotatable bonds is 2. The van der Waals surface area contributed by atoms with Crippen molar-refractivity contribution in [3.8, 4) is 6.07 Å². The van der Waals surface area contributed by atoms with Gasteiger partial charge >= 0.3 is 0 Å². The fourth-order valence-corrected chi connectivity index (χ4v) is 3.36. The Bertz CT molecular complexity index is 967. The summed E-state index contributed by atoms with van der Waals surface area (Å²) in [7, 11) is 0. The van der Waals surface area contributed by atoms with Crippen molar-refractivity contribution in [3.63, 3.8) is 0 Å². The van der Waals surface area contributed by atoms with Crippen molar-refractivity contribution in [2.45, 2.75) is 44.7 Å². The first kappa shape index (κ1) is 15.4. The molecular formula is C16H16N6S. The average Bonchev–Trinajstić information content (AvgIpc) is 2.87. The van der Waals surface area contributed by atoms with Gasteiger partial charge in [0, 0.05) is 22.0 Å². The highest BCUT2D eigenvalue weighted by molar-refractivity contribution is 7.99. The third-order valence-corrected chi connectivity index (χ3v) is 4.74. The van der Waals surface area contributed by atoms with E-state index in [0.29, 0.717) is 16.5 Å². The zero-order valence-corrected chi connectivity index (χ0v) is 14.5. The van der Waals surface area contributed by atoms with Gasteiger partial charge in [-0.3, -0.25) is 4.98 Å². The van der Waals surface area contributed by atoms with E-state index in [4.69, 9.17) is 0 Å². The molecule has 0 atom stereocenters. The Hall–Kier alpha value is -2.46. The lowest BCUT2D eigenvalue weighted by molar-refractivity contribution is 0.832. The van der Waals surface area contributed by atoms with Crippen LogP contribution < -0.4 is 0 Å². The van der Waals surface area contributed by atoms with Gasteiger partial charge in [0.05, 0.1) is 11.3 Å². The number of pyridine rings is 1. The molecule has 116 valence electrons. The van der Waals surface area contributed by atoms with Crippen LogP contribution in [-0.4, -0.2) is 24.6 Å². The van der Waals surface area contributed by atoms with Gasteiger partial charge in [0.2, 0.25) is 5.16 Å². The molecule has 0 unspecified atom stereocenters. The third-order valence-electron chi connectivity index (χ3n) is 3.85. The first-order chi connectivity index (χ1) is 10.9. The minimum absolute atomic E-state index is 0.566. The maximum absolute atomic E-state index is 9.36. The summed E-state index contributed by atoms with van der Waals surface area (Å²) in [6, 6.07) is 4.10. The lowest BCUT2D eigenvalue weighted by Gasteiger charge is -2.05. The second-order valence-corrected chi connectivity index (χ2v) is 6.46. The minimum Gasteiger partial charge on any atom is -0.257 e. The molecule has 0 saturated carbocycles. The van der Waals surface area contributed by atoms with E-state index in [0.717, 1.165) is 33.2 Å². The van der Waals surface area contributed by atoms with Crippen LogP contribution in [0.1, 0.15) is 33.9 Å². The molecule has 0 radical (unpaired) electrons. The van der Waals surface area contributed by atoms with E-state index in [2.05, 4.69) is 26.1 Å². The molecule has 0 aromatic carbocycles. The summed E-state index contributed by atoms with van der Waals surface area (Å²) in [5, 5.41) is 14.5. The molecule has 6 nitrogen and oxygen atoms in total. The summed E-state index contributed by atoms with van der Waals surface area (Å²) in [6.45, 7) is 9.74. The van der Waals surface area contributed by atoms with E-state index in [-0.39, 0.29) is 0 Å². The highest BCUT2D eigenvalue weighted by Gasteiger charge is 2.15. The van der Waals surface area contributed by atoms with Crippen LogP contribution in [0, 0.1) is 45.9 Å². The number of hydrogen-bond donors (Lipinski definition) is 0. The Kier molecular flexibility index (Phi) is 3.78. The minimum atomic E-state index is 0.566. The molecule has 0 spiro atoms. The molecule has 3 aromatic heterocycles. The van der Waals surface area contributed by atoms with Gasteiger partial charge in [-0.25, -0.2) is 9.50 Å². The van der Waals surface area contributed by atoms with Crippen LogP contribution in [0.25, 0.3) is 5.78 Å². The largest absolute Gasteiger partial charge is 0.257 e. The van der Waals surface area contributed by atoms with Crippen LogP contribution >= 0.6 is 11.8 Å². The van der Waals surface area contributed by atoms with Crippen LogP contribution in [0.5, 0.6) is 0 Å². The topological polar surface area (TPSA) is 79.8 Å². The Labute approximate surface area is 138 Å². The van der Waals surface area contributed by atoms with E-state index in [1.165, 1.54) is 11.8 Å². The molecule has 0 fully saturated rings. The second kappa shape index (κ2) is 5.63. The lowest BCUT2D eigenvalue weighted by atomic mass is 10.2. The molecule has 3 aromatic rings. The van der Waals surface area contributed by atoms with E-state index in [1.54, 1.807) is 4.52 Å². The quantitative estimate of drug-likeness (QED) is 0.720. The van der Waals surface area contributed by atoms with E-state index < -0.39 is 0 Å². The number of aromatic nitrogens is 5. The van der Waals surface area contributed by atoms with Crippen LogP contribution in [0.4, 0.5) is 0 Å². The molecule has 0 aliphatic heterocycles. The second-order valence-electron chi connectivity index (χ2n) is 5.45. The van der Waals surface area contributed by atoms with Gasteiger partial charge in [0.25, 0.3) is 5.78 Å². The lowest BCUT2D eigenvalue weighted by Crippen LogP contribution is -2.02. The average molecular weight is 324 g/mol. The van der Waals surface area contributed by atoms with Crippen LogP contribution in [0.2, 0.25) is 0 Å². The van der Waals surface area contributed by atoms with Crippen LogP contribution in [0.15, 0.2) is 16.1 Å². The predicted octanol–water partition coefficient (Wildman–Crippen LogP) is 3.08. The molecule has 23 heavy (non-hydrogen) atoms. The normalized spacial score (nSPS) is 11.0. The summed E-state index contributed by atoms with van der Waals surface area (Å²) in [4.78, 5) is 14.1. The molecule has 0 aliphatic rings. The Morgan fingerprint density at radius 1 is 1.04 bits per heavy atom. The zero-order valence-electron chi connectivity index (χ0n) is 13.7. The summed E-state index contributed by atoms with van der Waals surface area (Å²) in [6.07, 6.45) is 0. The highest BCUT2D eigenvalue weighted by atomic mass is 32.2. The van der Waals surface area contributed by atoms with Crippen molar-refractivity contribution in [1.82, 2.24) is 24.6 Å². The molecule has 0 aliphatic carbocycles. The van der Waals surface area contributed by atoms with Gasteiger partial charge in [0.1, 0.15) is 6.07 Å². The Morgan fingerprint density at radius 2 is 1.78 bits per heavy atom. The van der Waals surface area contributed by atoms with Crippen molar-refractivity contribution in [3.05, 3.63) is 40.0 Å². The SMILES string of the molecule is Cc1cc(Sc2nc3nc(C)c(C)c(C)n3n2)c(C#N)c(C)n1. The number of fused-ring (bicyclic) bond motifs is 1. The summed E-state index contributed by atoms with van der Waals surface area (Å²) >= 11 is 1.37. The fourth-order valence-electron chi connectivity index (χ4n) is 2.39. The molecule has 3 heterocycles. The maximum Gasteiger partial charge on any atom is 0.253 e. The van der Waals surface area contributed by atoms with Crippen molar-refractivity contribution in [2.75, 3.05) is 0 Å². The number of aryl methyl sites for hydroxylation is 4. The number of nitrogens with zero attached hydrogens (tertiary/aromatic N) is 6. The molecule has 7 heteroatoms. The third kappa shape index (κ3) is 2.66. The Morgan fingerprint density at radius 3 is 2.48 bits per heavy atom. The fraction of sp³-hybridized carbons (Fsp3) is 0.312. The van der Waals surface area contributed by atoms with Gasteiger partial charge in [0.15, 0.2) is 0 Å². The van der Waals surface area contributed by atoms with Gasteiger partial charge < -0.3 is 0 Å². The first-order valence-corrected chi connectivity index (χ1v) is 7.99. The van der Waals surface area contributed by atoms with Crippen LogP contribution in [0.3, 0.4) is 0 Å². The first-order valence-electron chi connectivity index (χ1n) is 7.17. The van der Waals surface area contributed by atoms with Crippen molar-refractivity contribution in [1.29, 1.82) is 5.26 Å². The molecule has 0 saturated heterocycles. The van der Waals surface area contributed by atoms with Gasteiger partial charge in [-0.2, -0.15) is 10.2 Å². The molecule has 0 amide bonds. The van der Waals surface area contributed by atoms with Crippen molar-refractivity contribution in [2.24, 2.45) is 0 Å². The van der Waals surface area contributed by atoms with Gasteiger partial charge in [-0.1, -0.05) is 0 Å². The predicted molar refractivity (Wildman–Crippen MR) is 87.5 cm³/mol. The summed E-state index contributed by atoms with van der Waals surface area (Å²) in [5.41, 5.74) is 5.24. The molecule has 3 rings (SSSR count). The summed E-state index contributed by atoms with van der Waals surface area (Å²) < 4.78 is 1.75. The van der Waals surface area contributed by atoms with E-state index in [9.17, 15) is 5.26 Å². The monoisotopic (exact) mass is 324 g/mol. The Balaban J connectivity index is 2.10. The number of nitriles is 1. The standard InChI is InChI=1S/C16H16N6S/c1-8-6-14(13(7-17)11(4)18-8)23-16-20-15-19-10(3)9(2)12(5)22(15)21-16/h6H,1-5H3. The van der Waals surface area contributed by atoms with Crippen molar-refractivity contribution < 1.29 is 0 Å². The zero-order chi connectivity index (χ0) is 16.7. The maximum atomic E-state index is 9.36. The van der Waals surface area contributed by atoms with Crippen molar-refractivity contribution >= 4 is 17.5 Å². The van der Waals surface area contributed by atoms with Crippen LogP contribution in [-0.2, 0) is 0 Å². The number of hydrogen-bond acceptors (Lipinski definition) is 6. The van der Waals surface area contributed by atoms with E-state index in [1.807, 2.05) is 40.7 Å². The van der Waals surface area contributed by atoms with Gasteiger partial charge in [-0.15, -0.1) is 5.10 Å². The van der Waals surface area contributed by atoms with E-state index >= 15 is 0 Å². The molecule has 0 bridgehead atoms. The van der Waals surface area contributed by atoms with Gasteiger partial charge in [-0.05, 0) is 58.0 Å². The molecular weight excluding hydrogens is 308 g/mol. The highest BCUT2D eigenvalue weighted by Crippen LogP contribution is 2.30. The smallest absolute Gasteiger partial charge is 0.253 e. The molecule has 0 N–H and O–H groups in total. The summed E-state index contributed by atoms with van der Waals surface area (Å²) in [5.74, 6) is 0.578.